The van der Waals surface area contributed by atoms with Gasteiger partial charge in [0, 0.05) is 12.8 Å². The molecule has 1 N–H and O–H groups in total. The highest BCUT2D eigenvalue weighted by atomic mass is 16.6. The molecule has 5 nitrogen and oxygen atoms in total. The minimum atomic E-state index is -0.791. The van der Waals surface area contributed by atoms with Gasteiger partial charge in [-0.1, -0.05) is 276 Å². The molecule has 0 aromatic rings. The molecule has 0 aromatic carbocycles. The number of esters is 2. The first-order valence-electron chi connectivity index (χ1n) is 30.7. The van der Waals surface area contributed by atoms with Crippen molar-refractivity contribution in [2.24, 2.45) is 0 Å². The molecule has 0 rings (SSSR count). The molecule has 0 radical (unpaired) electrons. The molecule has 0 aliphatic heterocycles. The minimum Gasteiger partial charge on any atom is -0.462 e. The second-order valence-electron chi connectivity index (χ2n) is 20.0. The Hall–Kier alpha value is -3.96. The molecular formula is C69H114O5. The summed E-state index contributed by atoms with van der Waals surface area (Å²) in [6, 6.07) is 0. The third-order valence-electron chi connectivity index (χ3n) is 12.9. The highest BCUT2D eigenvalue weighted by Crippen LogP contribution is 2.15. The number of unbranched alkanes of at least 4 members (excludes halogenated alkanes) is 25. The number of aliphatic hydroxyl groups excluding tert-OH is 1. The predicted molar refractivity (Wildman–Crippen MR) is 324 cm³/mol. The third kappa shape index (κ3) is 60.6. The van der Waals surface area contributed by atoms with E-state index in [4.69, 9.17) is 9.47 Å². The Kier molecular flexibility index (Phi) is 59.9. The van der Waals surface area contributed by atoms with Gasteiger partial charge in [-0.2, -0.15) is 0 Å². The number of ether oxygens (including phenoxy) is 2. The number of aliphatic hydroxyl groups is 1. The highest BCUT2D eigenvalue weighted by molar-refractivity contribution is 5.70. The molecule has 0 fully saturated rings. The topological polar surface area (TPSA) is 72.8 Å². The summed E-state index contributed by atoms with van der Waals surface area (Å²) in [7, 11) is 0. The normalized spacial score (nSPS) is 13.2. The number of allylic oxidation sites excluding steroid dienone is 22. The van der Waals surface area contributed by atoms with E-state index >= 15 is 0 Å². The summed E-state index contributed by atoms with van der Waals surface area (Å²) < 4.78 is 10.7. The van der Waals surface area contributed by atoms with Crippen molar-refractivity contribution in [3.05, 3.63) is 134 Å². The van der Waals surface area contributed by atoms with Crippen molar-refractivity contribution in [2.75, 3.05) is 13.2 Å². The zero-order valence-electron chi connectivity index (χ0n) is 48.1. The molecule has 74 heavy (non-hydrogen) atoms. The standard InChI is InChI=1S/C69H114O5/c1-3-5-7-9-11-13-15-17-19-21-23-25-27-29-31-33-34-36-38-40-42-44-46-48-50-52-54-56-58-60-62-64-69(72)74-67(65-70)66-73-68(71)63-61-59-57-55-53-51-49-47-45-43-41-39-37-35-32-30-28-26-24-22-20-18-16-14-12-10-8-6-4-2/h5,7,11,13,16-19,22-25,28-31,34,36,40,42,46,48,67,70H,3-4,6,8-10,12,14-15,20-21,26-27,32-33,35,37-39,41,43-45,47,49-66H2,1-2H3/b7-5-,13-11-,18-16-,19-17-,24-22-,25-23-,30-28-,31-29-,36-34-,42-40-,48-46-. The summed E-state index contributed by atoms with van der Waals surface area (Å²) >= 11 is 0. The highest BCUT2D eigenvalue weighted by Gasteiger charge is 2.16. The molecule has 0 heterocycles. The monoisotopic (exact) mass is 1020 g/mol. The van der Waals surface area contributed by atoms with Crippen LogP contribution in [0.25, 0.3) is 0 Å². The number of rotatable bonds is 55. The SMILES string of the molecule is CC/C=C\C/C=C\C/C=C\C/C=C\C/C=C\C/C=C\C/C=C\C/C=C\CCCCCCCCC(=O)OC(CO)COC(=O)CCCCCCCCCCCCCCCC/C=C\C/C=C\C/C=C\CCCCCCC. The minimum absolute atomic E-state index is 0.0793. The van der Waals surface area contributed by atoms with E-state index in [1.807, 2.05) is 0 Å². The lowest BCUT2D eigenvalue weighted by Crippen LogP contribution is -2.28. The number of carbonyl (C=O) groups excluding carboxylic acids is 2. The number of hydrogen-bond acceptors (Lipinski definition) is 5. The Morgan fingerprint density at radius 3 is 0.878 bits per heavy atom. The molecule has 0 saturated carbocycles. The van der Waals surface area contributed by atoms with Crippen LogP contribution in [0.15, 0.2) is 134 Å². The van der Waals surface area contributed by atoms with Gasteiger partial charge in [-0.05, 0) is 116 Å². The molecule has 0 aromatic heterocycles. The van der Waals surface area contributed by atoms with E-state index in [0.29, 0.717) is 12.8 Å². The van der Waals surface area contributed by atoms with Gasteiger partial charge < -0.3 is 14.6 Å². The fourth-order valence-electron chi connectivity index (χ4n) is 8.34. The van der Waals surface area contributed by atoms with Crippen molar-refractivity contribution in [1.29, 1.82) is 0 Å². The second kappa shape index (κ2) is 63.3. The predicted octanol–water partition coefficient (Wildman–Crippen LogP) is 21.2. The lowest BCUT2D eigenvalue weighted by Gasteiger charge is -2.15. The fraction of sp³-hybridized carbons (Fsp3) is 0.652. The molecule has 5 heteroatoms. The van der Waals surface area contributed by atoms with Crippen LogP contribution in [0.1, 0.15) is 271 Å². The van der Waals surface area contributed by atoms with Crippen molar-refractivity contribution >= 4 is 11.9 Å². The molecule has 0 spiro atoms. The molecule has 420 valence electrons. The molecule has 0 saturated heterocycles. The molecule has 0 aliphatic carbocycles. The smallest absolute Gasteiger partial charge is 0.306 e. The van der Waals surface area contributed by atoms with Crippen LogP contribution in [0.5, 0.6) is 0 Å². The van der Waals surface area contributed by atoms with Gasteiger partial charge >= 0.3 is 11.9 Å². The van der Waals surface area contributed by atoms with Gasteiger partial charge in [0.25, 0.3) is 0 Å². The lowest BCUT2D eigenvalue weighted by molar-refractivity contribution is -0.161. The lowest BCUT2D eigenvalue weighted by atomic mass is 10.0. The Morgan fingerprint density at radius 2 is 0.581 bits per heavy atom. The van der Waals surface area contributed by atoms with Crippen LogP contribution in [0.3, 0.4) is 0 Å². The van der Waals surface area contributed by atoms with Crippen LogP contribution in [0.4, 0.5) is 0 Å². The van der Waals surface area contributed by atoms with Gasteiger partial charge in [0.05, 0.1) is 6.61 Å². The molecule has 0 bridgehead atoms. The molecule has 0 amide bonds. The Labute approximate surface area is 457 Å². The summed E-state index contributed by atoms with van der Waals surface area (Å²) in [6.07, 6.45) is 94.3. The van der Waals surface area contributed by atoms with Crippen molar-refractivity contribution in [3.8, 4) is 0 Å². The Bertz CT molecular complexity index is 1530. The molecule has 1 unspecified atom stereocenters. The summed E-state index contributed by atoms with van der Waals surface area (Å²) in [5.41, 5.74) is 0. The van der Waals surface area contributed by atoms with Crippen LogP contribution >= 0.6 is 0 Å². The van der Waals surface area contributed by atoms with E-state index in [0.717, 1.165) is 109 Å². The third-order valence-corrected chi connectivity index (χ3v) is 12.9. The Balaban J connectivity index is 3.57. The van der Waals surface area contributed by atoms with Crippen LogP contribution in [-0.2, 0) is 19.1 Å². The largest absolute Gasteiger partial charge is 0.462 e. The van der Waals surface area contributed by atoms with E-state index in [2.05, 4.69) is 148 Å². The molecule has 1 atom stereocenters. The summed E-state index contributed by atoms with van der Waals surface area (Å²) in [5.74, 6) is -0.611. The first-order valence-corrected chi connectivity index (χ1v) is 30.7. The van der Waals surface area contributed by atoms with Crippen LogP contribution < -0.4 is 0 Å². The van der Waals surface area contributed by atoms with Crippen molar-refractivity contribution in [2.45, 2.75) is 277 Å². The zero-order valence-corrected chi connectivity index (χ0v) is 48.1. The maximum absolute atomic E-state index is 12.3. The van der Waals surface area contributed by atoms with Crippen molar-refractivity contribution in [3.63, 3.8) is 0 Å². The first-order chi connectivity index (χ1) is 36.6. The van der Waals surface area contributed by atoms with Gasteiger partial charge in [-0.3, -0.25) is 9.59 Å². The van der Waals surface area contributed by atoms with Gasteiger partial charge in [-0.15, -0.1) is 0 Å². The second-order valence-corrected chi connectivity index (χ2v) is 20.0. The molecular weight excluding hydrogens is 909 g/mol. The Morgan fingerprint density at radius 1 is 0.324 bits per heavy atom. The van der Waals surface area contributed by atoms with E-state index < -0.39 is 6.10 Å². The maximum atomic E-state index is 12.3. The molecule has 0 aliphatic rings. The van der Waals surface area contributed by atoms with Crippen LogP contribution in [0.2, 0.25) is 0 Å². The van der Waals surface area contributed by atoms with E-state index in [1.165, 1.54) is 135 Å². The van der Waals surface area contributed by atoms with E-state index in [-0.39, 0.29) is 25.2 Å². The maximum Gasteiger partial charge on any atom is 0.306 e. The van der Waals surface area contributed by atoms with Crippen LogP contribution in [0, 0.1) is 0 Å². The summed E-state index contributed by atoms with van der Waals surface area (Å²) in [6.45, 7) is 4.01. The van der Waals surface area contributed by atoms with Crippen molar-refractivity contribution < 1.29 is 24.2 Å². The average Bonchev–Trinajstić information content (AvgIpc) is 3.40. The zero-order chi connectivity index (χ0) is 53.4. The number of carbonyl (C=O) groups is 2. The fourth-order valence-corrected chi connectivity index (χ4v) is 8.34. The van der Waals surface area contributed by atoms with Gasteiger partial charge in [0.15, 0.2) is 6.10 Å². The quantitative estimate of drug-likeness (QED) is 0.0373. The van der Waals surface area contributed by atoms with E-state index in [1.54, 1.807) is 0 Å². The van der Waals surface area contributed by atoms with Crippen molar-refractivity contribution in [1.82, 2.24) is 0 Å². The summed E-state index contributed by atoms with van der Waals surface area (Å²) in [4.78, 5) is 24.6. The summed E-state index contributed by atoms with van der Waals surface area (Å²) in [5, 5.41) is 9.67. The van der Waals surface area contributed by atoms with Gasteiger partial charge in [0.1, 0.15) is 6.61 Å². The van der Waals surface area contributed by atoms with Gasteiger partial charge in [0.2, 0.25) is 0 Å². The average molecular weight is 1020 g/mol. The van der Waals surface area contributed by atoms with Crippen LogP contribution in [-0.4, -0.2) is 36.4 Å². The van der Waals surface area contributed by atoms with Gasteiger partial charge in [-0.25, -0.2) is 0 Å². The number of hydrogen-bond donors (Lipinski definition) is 1. The van der Waals surface area contributed by atoms with E-state index in [9.17, 15) is 14.7 Å². The first kappa shape index (κ1) is 70.0.